The molecule has 1 heterocycles. The van der Waals surface area contributed by atoms with Crippen LogP contribution in [0.25, 0.3) is 11.0 Å². The van der Waals surface area contributed by atoms with Gasteiger partial charge in [-0.3, -0.25) is 9.69 Å². The fourth-order valence-corrected chi connectivity index (χ4v) is 4.51. The maximum atomic E-state index is 12.7. The van der Waals surface area contributed by atoms with E-state index in [9.17, 15) is 4.79 Å². The van der Waals surface area contributed by atoms with E-state index in [2.05, 4.69) is 46.4 Å². The van der Waals surface area contributed by atoms with Crippen molar-refractivity contribution in [3.05, 3.63) is 58.1 Å². The van der Waals surface area contributed by atoms with E-state index in [0.29, 0.717) is 19.9 Å². The van der Waals surface area contributed by atoms with Crippen LogP contribution in [0.5, 0.6) is 0 Å². The van der Waals surface area contributed by atoms with Gasteiger partial charge in [-0.25, -0.2) is 4.68 Å². The van der Waals surface area contributed by atoms with Gasteiger partial charge in [-0.1, -0.05) is 29.5 Å². The van der Waals surface area contributed by atoms with Crippen LogP contribution in [0.1, 0.15) is 60.9 Å². The number of aromatic nitrogens is 3. The molecule has 3 aromatic rings. The van der Waals surface area contributed by atoms with Gasteiger partial charge in [-0.05, 0) is 75.5 Å². The third-order valence-electron chi connectivity index (χ3n) is 6.51. The molecule has 1 unspecified atom stereocenters. The van der Waals surface area contributed by atoms with Crippen molar-refractivity contribution in [2.24, 2.45) is 7.05 Å². The molecule has 0 radical (unpaired) electrons. The molecule has 0 spiro atoms. The first-order valence-corrected chi connectivity index (χ1v) is 12.4. The van der Waals surface area contributed by atoms with E-state index in [0.717, 1.165) is 34.3 Å². The molecule has 1 aromatic heterocycles. The normalized spacial score (nSPS) is 12.9. The zero-order valence-corrected chi connectivity index (χ0v) is 22.9. The number of carbonyl (C=O) groups is 1. The van der Waals surface area contributed by atoms with E-state index in [1.807, 2.05) is 47.9 Å². The van der Waals surface area contributed by atoms with Crippen molar-refractivity contribution in [1.82, 2.24) is 19.9 Å². The van der Waals surface area contributed by atoms with Gasteiger partial charge >= 0.3 is 5.97 Å². The van der Waals surface area contributed by atoms with Crippen molar-refractivity contribution in [3.8, 4) is 0 Å². The van der Waals surface area contributed by atoms with Gasteiger partial charge in [0.15, 0.2) is 0 Å². The number of ether oxygens (including phenoxy) is 3. The molecular weight excluding hydrogens is 456 g/mol. The lowest BCUT2D eigenvalue weighted by Crippen LogP contribution is -2.35. The lowest BCUT2D eigenvalue weighted by molar-refractivity contribution is -0.143. The Morgan fingerprint density at radius 3 is 2.64 bits per heavy atom. The minimum atomic E-state index is -0.360. The standard InChI is InChI=1S/C28H40N4O4/c1-9-35-26(33)15-24(23-12-13-25-27(20(23)3)29-30-32(25)7)21-11-10-19(2)22(14-21)16-31(6)18-36-28(4,5)17-34-8/h10-14,24H,9,15-18H2,1-8H3. The molecule has 0 N–H and O–H groups in total. The highest BCUT2D eigenvalue weighted by molar-refractivity contribution is 5.80. The van der Waals surface area contributed by atoms with Gasteiger partial charge in [0.05, 0.1) is 37.5 Å². The lowest BCUT2D eigenvalue weighted by Gasteiger charge is -2.28. The first-order valence-electron chi connectivity index (χ1n) is 12.4. The summed E-state index contributed by atoms with van der Waals surface area (Å²) < 4.78 is 18.4. The summed E-state index contributed by atoms with van der Waals surface area (Å²) in [5.41, 5.74) is 7.01. The number of hydrogen-bond acceptors (Lipinski definition) is 7. The molecule has 0 aliphatic heterocycles. The van der Waals surface area contributed by atoms with Gasteiger partial charge in [-0.2, -0.15) is 0 Å². The van der Waals surface area contributed by atoms with Gasteiger partial charge in [0.2, 0.25) is 0 Å². The highest BCUT2D eigenvalue weighted by Crippen LogP contribution is 2.34. The van der Waals surface area contributed by atoms with E-state index in [1.54, 1.807) is 11.8 Å². The van der Waals surface area contributed by atoms with Crippen molar-refractivity contribution < 1.29 is 19.0 Å². The molecule has 2 aromatic carbocycles. The molecule has 0 aliphatic rings. The second-order valence-electron chi connectivity index (χ2n) is 10.1. The van der Waals surface area contributed by atoms with Crippen LogP contribution in [0.3, 0.4) is 0 Å². The van der Waals surface area contributed by atoms with Crippen molar-refractivity contribution in [2.75, 3.05) is 34.1 Å². The quantitative estimate of drug-likeness (QED) is 0.270. The van der Waals surface area contributed by atoms with Crippen molar-refractivity contribution >= 4 is 17.0 Å². The minimum absolute atomic E-state index is 0.156. The van der Waals surface area contributed by atoms with Crippen LogP contribution in [0.2, 0.25) is 0 Å². The Morgan fingerprint density at radius 2 is 1.94 bits per heavy atom. The number of methoxy groups -OCH3 is 1. The molecule has 0 saturated heterocycles. The molecular formula is C28H40N4O4. The van der Waals surface area contributed by atoms with Gasteiger partial charge in [-0.15, -0.1) is 5.10 Å². The monoisotopic (exact) mass is 496 g/mol. The summed E-state index contributed by atoms with van der Waals surface area (Å²) in [5, 5.41) is 8.54. The summed E-state index contributed by atoms with van der Waals surface area (Å²) in [5.74, 6) is -0.369. The third-order valence-corrected chi connectivity index (χ3v) is 6.51. The molecule has 36 heavy (non-hydrogen) atoms. The van der Waals surface area contributed by atoms with Crippen LogP contribution >= 0.6 is 0 Å². The predicted molar refractivity (Wildman–Crippen MR) is 141 cm³/mol. The maximum Gasteiger partial charge on any atom is 0.306 e. The molecule has 0 aliphatic carbocycles. The van der Waals surface area contributed by atoms with Crippen LogP contribution in [-0.4, -0.2) is 65.6 Å². The van der Waals surface area contributed by atoms with E-state index < -0.39 is 0 Å². The Hall–Kier alpha value is -2.81. The molecule has 0 fully saturated rings. The Bertz CT molecular complexity index is 1190. The SMILES string of the molecule is CCOC(=O)CC(c1ccc(C)c(CN(C)COC(C)(C)COC)c1)c1ccc2c(nnn2C)c1C. The summed E-state index contributed by atoms with van der Waals surface area (Å²) >= 11 is 0. The van der Waals surface area contributed by atoms with Crippen LogP contribution in [-0.2, 0) is 32.6 Å². The zero-order chi connectivity index (χ0) is 26.5. The highest BCUT2D eigenvalue weighted by atomic mass is 16.5. The van der Waals surface area contributed by atoms with Gasteiger partial charge in [0, 0.05) is 26.6 Å². The number of hydrogen-bond donors (Lipinski definition) is 0. The number of fused-ring (bicyclic) bond motifs is 1. The fraction of sp³-hybridized carbons (Fsp3) is 0.536. The van der Waals surface area contributed by atoms with Gasteiger partial charge < -0.3 is 14.2 Å². The van der Waals surface area contributed by atoms with Crippen LogP contribution < -0.4 is 0 Å². The topological polar surface area (TPSA) is 78.7 Å². The van der Waals surface area contributed by atoms with Gasteiger partial charge in [0.1, 0.15) is 5.52 Å². The van der Waals surface area contributed by atoms with Crippen LogP contribution in [0, 0.1) is 13.8 Å². The molecule has 8 heteroatoms. The predicted octanol–water partition coefficient (Wildman–Crippen LogP) is 4.50. The molecule has 1 atom stereocenters. The fourth-order valence-electron chi connectivity index (χ4n) is 4.51. The number of esters is 1. The van der Waals surface area contributed by atoms with E-state index in [-0.39, 0.29) is 23.9 Å². The van der Waals surface area contributed by atoms with Crippen LogP contribution in [0.15, 0.2) is 30.3 Å². The Balaban J connectivity index is 1.92. The average Bonchev–Trinajstić information content (AvgIpc) is 3.20. The summed E-state index contributed by atoms with van der Waals surface area (Å²) in [6.45, 7) is 12.1. The van der Waals surface area contributed by atoms with Gasteiger partial charge in [0.25, 0.3) is 0 Å². The molecule has 0 bridgehead atoms. The van der Waals surface area contributed by atoms with E-state index >= 15 is 0 Å². The zero-order valence-electron chi connectivity index (χ0n) is 22.9. The molecule has 196 valence electrons. The lowest BCUT2D eigenvalue weighted by atomic mass is 9.84. The Labute approximate surface area is 214 Å². The van der Waals surface area contributed by atoms with Crippen molar-refractivity contribution in [1.29, 1.82) is 0 Å². The first kappa shape index (κ1) is 27.8. The number of carbonyl (C=O) groups excluding carboxylic acids is 1. The summed E-state index contributed by atoms with van der Waals surface area (Å²) in [6.07, 6.45) is 0.257. The number of rotatable bonds is 12. The Kier molecular flexibility index (Phi) is 9.22. The first-order chi connectivity index (χ1) is 17.1. The molecule has 3 rings (SSSR count). The summed E-state index contributed by atoms with van der Waals surface area (Å²) in [4.78, 5) is 14.8. The second kappa shape index (κ2) is 12.0. The minimum Gasteiger partial charge on any atom is -0.466 e. The number of benzene rings is 2. The molecule has 8 nitrogen and oxygen atoms in total. The number of nitrogens with zero attached hydrogens (tertiary/aromatic N) is 4. The maximum absolute atomic E-state index is 12.7. The summed E-state index contributed by atoms with van der Waals surface area (Å²) in [6, 6.07) is 10.6. The molecule has 0 amide bonds. The van der Waals surface area contributed by atoms with E-state index in [1.165, 1.54) is 11.1 Å². The second-order valence-corrected chi connectivity index (χ2v) is 10.1. The van der Waals surface area contributed by atoms with Crippen LogP contribution in [0.4, 0.5) is 0 Å². The number of aryl methyl sites for hydroxylation is 3. The summed E-state index contributed by atoms with van der Waals surface area (Å²) in [7, 11) is 5.60. The van der Waals surface area contributed by atoms with Crippen molar-refractivity contribution in [3.63, 3.8) is 0 Å². The Morgan fingerprint density at radius 1 is 1.19 bits per heavy atom. The largest absolute Gasteiger partial charge is 0.466 e. The van der Waals surface area contributed by atoms with Crippen molar-refractivity contribution in [2.45, 2.75) is 59.1 Å². The smallest absolute Gasteiger partial charge is 0.306 e. The van der Waals surface area contributed by atoms with E-state index in [4.69, 9.17) is 14.2 Å². The molecule has 0 saturated carbocycles. The average molecular weight is 497 g/mol. The highest BCUT2D eigenvalue weighted by Gasteiger charge is 2.24. The third kappa shape index (κ3) is 6.69.